The molecule has 0 aromatic heterocycles. The summed E-state index contributed by atoms with van der Waals surface area (Å²) in [5, 5.41) is 75.0. The summed E-state index contributed by atoms with van der Waals surface area (Å²) in [4.78, 5) is 29.2. The van der Waals surface area contributed by atoms with Gasteiger partial charge in [-0.1, -0.05) is 13.8 Å². The summed E-state index contributed by atoms with van der Waals surface area (Å²) in [5.74, 6) is -1.71. The second-order valence-electron chi connectivity index (χ2n) is 5.54. The molecular formula is C16H34O12. The van der Waals surface area contributed by atoms with Crippen molar-refractivity contribution in [2.24, 2.45) is 5.92 Å². The van der Waals surface area contributed by atoms with Gasteiger partial charge in [-0.15, -0.1) is 0 Å². The molecule has 12 heteroatoms. The normalized spacial score (nSPS) is 13.8. The maximum absolute atomic E-state index is 9.90. The standard InChI is InChI=1S/C6H12O6.C4H6O4.C4H10O.C2H6O/c7-1-3(9)5(11)6(12)4(10)2-8;5-3(6)1-2-4(7)8;1-4(2)3-5;1-2-3/h1,3-6,8-12H,2H2;1-2H2,(H,5,6)(H,7,8);4-5H,3H2,1-2H3;3H,2H2,1H3/t3-,4+,5+,6+;;;/m0.../s1. The van der Waals surface area contributed by atoms with Crippen LogP contribution in [0.5, 0.6) is 0 Å². The van der Waals surface area contributed by atoms with Crippen LogP contribution in [-0.2, 0) is 14.4 Å². The molecule has 0 amide bonds. The average Bonchev–Trinajstić information content (AvgIpc) is 2.65. The Labute approximate surface area is 163 Å². The van der Waals surface area contributed by atoms with Gasteiger partial charge >= 0.3 is 11.9 Å². The van der Waals surface area contributed by atoms with Crippen molar-refractivity contribution in [2.75, 3.05) is 19.8 Å². The number of aliphatic hydroxyl groups excluding tert-OH is 7. The molecule has 0 saturated carbocycles. The van der Waals surface area contributed by atoms with Crippen LogP contribution in [0.15, 0.2) is 0 Å². The zero-order chi connectivity index (χ0) is 23.3. The van der Waals surface area contributed by atoms with E-state index in [1.165, 1.54) is 0 Å². The fourth-order valence-corrected chi connectivity index (χ4v) is 0.832. The number of aldehydes is 1. The third-order valence-electron chi connectivity index (χ3n) is 2.34. The van der Waals surface area contributed by atoms with Crippen molar-refractivity contribution < 1.29 is 60.3 Å². The SMILES string of the molecule is CC(C)CO.CCO.O=C(O)CCC(=O)O.O=C[C@H](O)[C@@H](O)[C@H](O)[C@H](O)CO. The molecule has 0 saturated heterocycles. The summed E-state index contributed by atoms with van der Waals surface area (Å²) in [5.41, 5.74) is 0. The molecule has 28 heavy (non-hydrogen) atoms. The number of hydrogen-bond donors (Lipinski definition) is 9. The Bertz CT molecular complexity index is 361. The number of carbonyl (C=O) groups is 3. The van der Waals surface area contributed by atoms with Gasteiger partial charge < -0.3 is 50.8 Å². The lowest BCUT2D eigenvalue weighted by Crippen LogP contribution is -2.46. The molecule has 0 radical (unpaired) electrons. The minimum Gasteiger partial charge on any atom is -0.481 e. The first-order chi connectivity index (χ1) is 12.9. The van der Waals surface area contributed by atoms with Gasteiger partial charge in [-0.3, -0.25) is 9.59 Å². The largest absolute Gasteiger partial charge is 0.481 e. The van der Waals surface area contributed by atoms with E-state index in [9.17, 15) is 14.4 Å². The molecule has 0 heterocycles. The molecule has 0 aromatic rings. The van der Waals surface area contributed by atoms with Gasteiger partial charge in [0.2, 0.25) is 0 Å². The van der Waals surface area contributed by atoms with Crippen LogP contribution in [0.1, 0.15) is 33.6 Å². The van der Waals surface area contributed by atoms with Crippen molar-refractivity contribution in [1.82, 2.24) is 0 Å². The molecule has 0 aliphatic heterocycles. The number of carboxylic acids is 2. The molecule has 0 aromatic carbocycles. The highest BCUT2D eigenvalue weighted by molar-refractivity contribution is 5.75. The van der Waals surface area contributed by atoms with Gasteiger partial charge in [0.25, 0.3) is 0 Å². The lowest BCUT2D eigenvalue weighted by molar-refractivity contribution is -0.143. The van der Waals surface area contributed by atoms with Crippen LogP contribution in [0.2, 0.25) is 0 Å². The van der Waals surface area contributed by atoms with Crippen LogP contribution in [0, 0.1) is 5.92 Å². The van der Waals surface area contributed by atoms with Crippen LogP contribution in [-0.4, -0.2) is 108 Å². The van der Waals surface area contributed by atoms with E-state index in [4.69, 9.17) is 46.0 Å². The molecular weight excluding hydrogens is 384 g/mol. The third-order valence-corrected chi connectivity index (χ3v) is 2.34. The van der Waals surface area contributed by atoms with Gasteiger partial charge in [-0.25, -0.2) is 0 Å². The van der Waals surface area contributed by atoms with Crippen LogP contribution in [0.25, 0.3) is 0 Å². The smallest absolute Gasteiger partial charge is 0.303 e. The monoisotopic (exact) mass is 418 g/mol. The van der Waals surface area contributed by atoms with Gasteiger partial charge in [0.1, 0.15) is 24.4 Å². The molecule has 0 bridgehead atoms. The van der Waals surface area contributed by atoms with Crippen LogP contribution >= 0.6 is 0 Å². The summed E-state index contributed by atoms with van der Waals surface area (Å²) in [6.45, 7) is 5.42. The highest BCUT2D eigenvalue weighted by Gasteiger charge is 2.29. The molecule has 12 nitrogen and oxygen atoms in total. The number of carbonyl (C=O) groups excluding carboxylic acids is 1. The second kappa shape index (κ2) is 23.4. The van der Waals surface area contributed by atoms with Crippen LogP contribution < -0.4 is 0 Å². The Balaban J connectivity index is -0.000000155. The van der Waals surface area contributed by atoms with E-state index >= 15 is 0 Å². The summed E-state index contributed by atoms with van der Waals surface area (Å²) >= 11 is 0. The lowest BCUT2D eigenvalue weighted by atomic mass is 10.0. The van der Waals surface area contributed by atoms with E-state index in [1.54, 1.807) is 6.92 Å². The zero-order valence-electron chi connectivity index (χ0n) is 16.2. The number of rotatable bonds is 9. The first kappa shape index (κ1) is 33.9. The molecule has 0 fully saturated rings. The average molecular weight is 418 g/mol. The molecule has 170 valence electrons. The van der Waals surface area contributed by atoms with Gasteiger partial charge in [0.05, 0.1) is 19.4 Å². The zero-order valence-corrected chi connectivity index (χ0v) is 16.2. The van der Waals surface area contributed by atoms with Crippen molar-refractivity contribution in [2.45, 2.75) is 58.0 Å². The van der Waals surface area contributed by atoms with E-state index in [0.29, 0.717) is 12.5 Å². The van der Waals surface area contributed by atoms with Gasteiger partial charge in [-0.05, 0) is 12.8 Å². The highest BCUT2D eigenvalue weighted by Crippen LogP contribution is 2.02. The Kier molecular flexibility index (Phi) is 28.3. The number of aliphatic hydroxyl groups is 7. The molecule has 9 N–H and O–H groups in total. The van der Waals surface area contributed by atoms with E-state index in [0.717, 1.165) is 0 Å². The van der Waals surface area contributed by atoms with Gasteiger partial charge in [0.15, 0.2) is 6.29 Å². The Morgan fingerprint density at radius 1 is 0.821 bits per heavy atom. The molecule has 0 unspecified atom stereocenters. The lowest BCUT2D eigenvalue weighted by Gasteiger charge is -2.22. The van der Waals surface area contributed by atoms with E-state index in [-0.39, 0.29) is 25.7 Å². The Morgan fingerprint density at radius 3 is 1.32 bits per heavy atom. The fraction of sp³-hybridized carbons (Fsp3) is 0.812. The van der Waals surface area contributed by atoms with Crippen molar-refractivity contribution in [3.8, 4) is 0 Å². The topological polar surface area (TPSA) is 233 Å². The Morgan fingerprint density at radius 2 is 1.14 bits per heavy atom. The van der Waals surface area contributed by atoms with Crippen molar-refractivity contribution in [3.63, 3.8) is 0 Å². The summed E-state index contributed by atoms with van der Waals surface area (Å²) < 4.78 is 0. The van der Waals surface area contributed by atoms with E-state index in [2.05, 4.69) is 0 Å². The predicted molar refractivity (Wildman–Crippen MR) is 96.4 cm³/mol. The summed E-state index contributed by atoms with van der Waals surface area (Å²) in [6, 6.07) is 0. The maximum atomic E-state index is 9.90. The van der Waals surface area contributed by atoms with Crippen LogP contribution in [0.3, 0.4) is 0 Å². The van der Waals surface area contributed by atoms with Crippen LogP contribution in [0.4, 0.5) is 0 Å². The summed E-state index contributed by atoms with van der Waals surface area (Å²) in [6.07, 6.45) is -7.43. The third kappa shape index (κ3) is 29.1. The van der Waals surface area contributed by atoms with Crippen molar-refractivity contribution >= 4 is 18.2 Å². The van der Waals surface area contributed by atoms with Crippen molar-refractivity contribution in [1.29, 1.82) is 0 Å². The minimum absolute atomic E-state index is 0.0258. The first-order valence-corrected chi connectivity index (χ1v) is 8.29. The minimum atomic E-state index is -1.79. The quantitative estimate of drug-likeness (QED) is 0.173. The summed E-state index contributed by atoms with van der Waals surface area (Å²) in [7, 11) is 0. The predicted octanol–water partition coefficient (Wildman–Crippen LogP) is -2.81. The molecule has 0 spiro atoms. The van der Waals surface area contributed by atoms with Gasteiger partial charge in [-0.2, -0.15) is 0 Å². The number of aliphatic carboxylic acids is 2. The maximum Gasteiger partial charge on any atom is 0.303 e. The van der Waals surface area contributed by atoms with Crippen molar-refractivity contribution in [3.05, 3.63) is 0 Å². The first-order valence-electron chi connectivity index (χ1n) is 8.29. The second-order valence-corrected chi connectivity index (χ2v) is 5.54. The molecule has 0 aliphatic rings. The van der Waals surface area contributed by atoms with Gasteiger partial charge in [0, 0.05) is 13.2 Å². The molecule has 0 rings (SSSR count). The molecule has 4 atom stereocenters. The Hall–Kier alpha value is -1.67. The number of hydrogen-bond acceptors (Lipinski definition) is 10. The van der Waals surface area contributed by atoms with E-state index < -0.39 is 43.0 Å². The van der Waals surface area contributed by atoms with E-state index in [1.807, 2.05) is 13.8 Å². The number of carboxylic acid groups (broad SMARTS) is 2. The fourth-order valence-electron chi connectivity index (χ4n) is 0.832. The molecule has 0 aliphatic carbocycles. The highest BCUT2D eigenvalue weighted by atomic mass is 16.4.